The molecule has 1 aromatic heterocycles. The number of ether oxygens (including phenoxy) is 1. The van der Waals surface area contributed by atoms with Crippen molar-refractivity contribution in [2.75, 3.05) is 17.7 Å². The van der Waals surface area contributed by atoms with Crippen molar-refractivity contribution < 1.29 is 9.53 Å². The normalized spacial score (nSPS) is 10.7. The fourth-order valence-corrected chi connectivity index (χ4v) is 3.94. The minimum atomic E-state index is -0.0320. The monoisotopic (exact) mass is 344 g/mol. The summed E-state index contributed by atoms with van der Waals surface area (Å²) >= 11 is 3.02. The van der Waals surface area contributed by atoms with Crippen LogP contribution in [0.1, 0.15) is 6.92 Å². The van der Waals surface area contributed by atoms with Crippen LogP contribution >= 0.6 is 23.1 Å². The van der Waals surface area contributed by atoms with Gasteiger partial charge in [-0.15, -0.1) is 11.3 Å². The highest BCUT2D eigenvalue weighted by Crippen LogP contribution is 2.31. The van der Waals surface area contributed by atoms with Gasteiger partial charge in [0.05, 0.1) is 22.6 Å². The van der Waals surface area contributed by atoms with E-state index >= 15 is 0 Å². The van der Waals surface area contributed by atoms with Crippen LogP contribution in [-0.2, 0) is 4.79 Å². The lowest BCUT2D eigenvalue weighted by Gasteiger charge is -2.03. The average Bonchev–Trinajstić information content (AvgIpc) is 2.96. The Kier molecular flexibility index (Phi) is 5.15. The minimum absolute atomic E-state index is 0.0320. The summed E-state index contributed by atoms with van der Waals surface area (Å²) in [5.41, 5.74) is 1.74. The quantitative estimate of drug-likeness (QED) is 0.672. The first-order valence-electron chi connectivity index (χ1n) is 7.25. The number of carbonyl (C=O) groups is 1. The molecule has 2 aromatic carbocycles. The number of amides is 1. The van der Waals surface area contributed by atoms with Crippen LogP contribution < -0.4 is 10.1 Å². The van der Waals surface area contributed by atoms with E-state index in [-0.39, 0.29) is 5.91 Å². The number of nitrogens with one attached hydrogen (secondary N) is 1. The molecule has 1 heterocycles. The highest BCUT2D eigenvalue weighted by Gasteiger charge is 2.09. The summed E-state index contributed by atoms with van der Waals surface area (Å²) in [6.45, 7) is 2.61. The van der Waals surface area contributed by atoms with E-state index in [4.69, 9.17) is 4.74 Å². The van der Waals surface area contributed by atoms with Crippen molar-refractivity contribution >= 4 is 44.9 Å². The molecule has 0 saturated heterocycles. The number of hydrogen-bond donors (Lipinski definition) is 1. The third-order valence-electron chi connectivity index (χ3n) is 3.04. The summed E-state index contributed by atoms with van der Waals surface area (Å²) in [6.07, 6.45) is 0. The first-order valence-corrected chi connectivity index (χ1v) is 9.06. The lowest BCUT2D eigenvalue weighted by atomic mass is 10.3. The number of fused-ring (bicyclic) bond motifs is 1. The topological polar surface area (TPSA) is 51.2 Å². The molecule has 0 fully saturated rings. The standard InChI is InChI=1S/C17H16N2O2S2/c1-2-21-13-8-9-14-15(10-13)23-17(19-14)22-11-16(20)18-12-6-4-3-5-7-12/h3-10H,2,11H2,1H3,(H,18,20). The molecule has 118 valence electrons. The van der Waals surface area contributed by atoms with Crippen LogP contribution in [0, 0.1) is 0 Å². The van der Waals surface area contributed by atoms with Gasteiger partial charge in [0.15, 0.2) is 4.34 Å². The molecule has 0 unspecified atom stereocenters. The fourth-order valence-electron chi connectivity index (χ4n) is 2.05. The Morgan fingerprint density at radius 3 is 2.87 bits per heavy atom. The van der Waals surface area contributed by atoms with Gasteiger partial charge in [0.1, 0.15) is 5.75 Å². The van der Waals surface area contributed by atoms with Crippen LogP contribution in [0.5, 0.6) is 5.75 Å². The zero-order chi connectivity index (χ0) is 16.1. The SMILES string of the molecule is CCOc1ccc2nc(SCC(=O)Nc3ccccc3)sc2c1. The number of nitrogens with zero attached hydrogens (tertiary/aromatic N) is 1. The first kappa shape index (κ1) is 15.8. The minimum Gasteiger partial charge on any atom is -0.494 e. The number of rotatable bonds is 6. The van der Waals surface area contributed by atoms with Gasteiger partial charge in [-0.1, -0.05) is 30.0 Å². The summed E-state index contributed by atoms with van der Waals surface area (Å²) in [5.74, 6) is 1.16. The number of thiazole rings is 1. The predicted octanol–water partition coefficient (Wildman–Crippen LogP) is 4.43. The molecule has 0 aliphatic rings. The van der Waals surface area contributed by atoms with Gasteiger partial charge in [0.25, 0.3) is 0 Å². The molecule has 0 spiro atoms. The molecular formula is C17H16N2O2S2. The molecule has 4 nitrogen and oxygen atoms in total. The van der Waals surface area contributed by atoms with Gasteiger partial charge in [-0.25, -0.2) is 4.98 Å². The Balaban J connectivity index is 1.61. The molecule has 23 heavy (non-hydrogen) atoms. The third-order valence-corrected chi connectivity index (χ3v) is 5.20. The van der Waals surface area contributed by atoms with Crippen molar-refractivity contribution in [2.45, 2.75) is 11.3 Å². The number of thioether (sulfide) groups is 1. The lowest BCUT2D eigenvalue weighted by Crippen LogP contribution is -2.13. The first-order chi connectivity index (χ1) is 11.2. The highest BCUT2D eigenvalue weighted by atomic mass is 32.2. The van der Waals surface area contributed by atoms with E-state index in [1.54, 1.807) is 11.3 Å². The van der Waals surface area contributed by atoms with Gasteiger partial charge in [0, 0.05) is 5.69 Å². The maximum absolute atomic E-state index is 12.0. The van der Waals surface area contributed by atoms with Gasteiger partial charge < -0.3 is 10.1 Å². The second-order valence-electron chi connectivity index (χ2n) is 4.75. The zero-order valence-corrected chi connectivity index (χ0v) is 14.2. The van der Waals surface area contributed by atoms with E-state index in [9.17, 15) is 4.79 Å². The van der Waals surface area contributed by atoms with Crippen molar-refractivity contribution in [1.29, 1.82) is 0 Å². The molecule has 0 aliphatic heterocycles. The van der Waals surface area contributed by atoms with Crippen LogP contribution in [0.25, 0.3) is 10.2 Å². The fraction of sp³-hybridized carbons (Fsp3) is 0.176. The van der Waals surface area contributed by atoms with Crippen LogP contribution in [0.15, 0.2) is 52.9 Å². The molecule has 0 radical (unpaired) electrons. The summed E-state index contributed by atoms with van der Waals surface area (Å²) in [6, 6.07) is 15.3. The van der Waals surface area contributed by atoms with Gasteiger partial charge in [-0.3, -0.25) is 4.79 Å². The van der Waals surface area contributed by atoms with Crippen molar-refractivity contribution in [3.05, 3.63) is 48.5 Å². The molecule has 1 N–H and O–H groups in total. The summed E-state index contributed by atoms with van der Waals surface area (Å²) in [4.78, 5) is 16.5. The molecule has 0 saturated carbocycles. The van der Waals surface area contributed by atoms with Crippen molar-refractivity contribution in [2.24, 2.45) is 0 Å². The maximum Gasteiger partial charge on any atom is 0.234 e. The third kappa shape index (κ3) is 4.24. The maximum atomic E-state index is 12.0. The molecule has 0 aliphatic carbocycles. The van der Waals surface area contributed by atoms with Gasteiger partial charge >= 0.3 is 0 Å². The van der Waals surface area contributed by atoms with Gasteiger partial charge in [-0.05, 0) is 37.3 Å². The Bertz CT molecular complexity index is 803. The average molecular weight is 344 g/mol. The Morgan fingerprint density at radius 2 is 2.09 bits per heavy atom. The Labute approximate surface area is 142 Å². The van der Waals surface area contributed by atoms with E-state index in [0.29, 0.717) is 12.4 Å². The van der Waals surface area contributed by atoms with Crippen molar-refractivity contribution in [1.82, 2.24) is 4.98 Å². The Hall–Kier alpha value is -2.05. The zero-order valence-electron chi connectivity index (χ0n) is 12.6. The number of para-hydroxylation sites is 1. The lowest BCUT2D eigenvalue weighted by molar-refractivity contribution is -0.113. The second kappa shape index (κ2) is 7.48. The van der Waals surface area contributed by atoms with E-state index in [1.807, 2.05) is 55.5 Å². The summed E-state index contributed by atoms with van der Waals surface area (Å²) in [5, 5.41) is 2.87. The number of carbonyl (C=O) groups excluding carboxylic acids is 1. The second-order valence-corrected chi connectivity index (χ2v) is 7.00. The molecule has 3 rings (SSSR count). The van der Waals surface area contributed by atoms with E-state index in [0.717, 1.165) is 26.0 Å². The smallest absolute Gasteiger partial charge is 0.234 e. The molecule has 3 aromatic rings. The molecule has 6 heteroatoms. The number of hydrogen-bond acceptors (Lipinski definition) is 5. The van der Waals surface area contributed by atoms with Crippen LogP contribution in [-0.4, -0.2) is 23.3 Å². The molecule has 0 bridgehead atoms. The summed E-state index contributed by atoms with van der Waals surface area (Å²) in [7, 11) is 0. The summed E-state index contributed by atoms with van der Waals surface area (Å²) < 4.78 is 7.45. The largest absolute Gasteiger partial charge is 0.494 e. The van der Waals surface area contributed by atoms with Crippen molar-refractivity contribution in [3.63, 3.8) is 0 Å². The Morgan fingerprint density at radius 1 is 1.26 bits per heavy atom. The molecule has 0 atom stereocenters. The molecule has 1 amide bonds. The number of anilines is 1. The molecular weight excluding hydrogens is 328 g/mol. The van der Waals surface area contributed by atoms with Crippen molar-refractivity contribution in [3.8, 4) is 5.75 Å². The van der Waals surface area contributed by atoms with Crippen LogP contribution in [0.4, 0.5) is 5.69 Å². The highest BCUT2D eigenvalue weighted by molar-refractivity contribution is 8.01. The van der Waals surface area contributed by atoms with E-state index in [1.165, 1.54) is 11.8 Å². The number of aromatic nitrogens is 1. The van der Waals surface area contributed by atoms with Gasteiger partial charge in [-0.2, -0.15) is 0 Å². The van der Waals surface area contributed by atoms with Gasteiger partial charge in [0.2, 0.25) is 5.91 Å². The van der Waals surface area contributed by atoms with E-state index in [2.05, 4.69) is 10.3 Å². The number of benzene rings is 2. The van der Waals surface area contributed by atoms with Crippen LogP contribution in [0.3, 0.4) is 0 Å². The predicted molar refractivity (Wildman–Crippen MR) is 96.6 cm³/mol. The van der Waals surface area contributed by atoms with Crippen LogP contribution in [0.2, 0.25) is 0 Å². The van der Waals surface area contributed by atoms with E-state index < -0.39 is 0 Å².